The summed E-state index contributed by atoms with van der Waals surface area (Å²) in [5.74, 6) is 0.00724. The first-order chi connectivity index (χ1) is 13.1. The molecule has 4 rings (SSSR count). The molecule has 0 spiro atoms. The van der Waals surface area contributed by atoms with Gasteiger partial charge in [-0.1, -0.05) is 42.5 Å². The van der Waals surface area contributed by atoms with E-state index in [2.05, 4.69) is 29.2 Å². The number of nitrogens with zero attached hydrogens (tertiary/aromatic N) is 4. The van der Waals surface area contributed by atoms with Crippen molar-refractivity contribution in [2.75, 3.05) is 26.2 Å². The Hall–Kier alpha value is -2.86. The highest BCUT2D eigenvalue weighted by Crippen LogP contribution is 2.13. The van der Waals surface area contributed by atoms with Crippen LogP contribution >= 0.6 is 0 Å². The summed E-state index contributed by atoms with van der Waals surface area (Å²) < 4.78 is 3.18. The Kier molecular flexibility index (Phi) is 4.81. The van der Waals surface area contributed by atoms with Crippen LogP contribution in [0.25, 0.3) is 11.0 Å². The Bertz CT molecular complexity index is 998. The van der Waals surface area contributed by atoms with Gasteiger partial charge in [-0.2, -0.15) is 0 Å². The Labute approximate surface area is 158 Å². The van der Waals surface area contributed by atoms with E-state index in [0.29, 0.717) is 13.1 Å². The third kappa shape index (κ3) is 3.53. The molecule has 6 heteroatoms. The number of imidazole rings is 1. The highest BCUT2D eigenvalue weighted by molar-refractivity contribution is 5.81. The van der Waals surface area contributed by atoms with E-state index in [0.717, 1.165) is 30.7 Å². The van der Waals surface area contributed by atoms with Gasteiger partial charge in [0.1, 0.15) is 6.54 Å². The minimum atomic E-state index is -0.146. The van der Waals surface area contributed by atoms with Crippen LogP contribution in [-0.2, 0) is 24.9 Å². The number of hydrogen-bond donors (Lipinski definition) is 0. The molecule has 27 heavy (non-hydrogen) atoms. The van der Waals surface area contributed by atoms with Gasteiger partial charge in [0, 0.05) is 39.8 Å². The van der Waals surface area contributed by atoms with Crippen molar-refractivity contribution in [3.05, 3.63) is 70.6 Å². The molecule has 0 atom stereocenters. The molecule has 2 heterocycles. The van der Waals surface area contributed by atoms with Crippen LogP contribution in [0.3, 0.4) is 0 Å². The first kappa shape index (κ1) is 17.5. The van der Waals surface area contributed by atoms with Crippen LogP contribution < -0.4 is 5.69 Å². The molecule has 1 amide bonds. The second-order valence-electron chi connectivity index (χ2n) is 7.06. The summed E-state index contributed by atoms with van der Waals surface area (Å²) in [6.07, 6.45) is 0. The van der Waals surface area contributed by atoms with E-state index < -0.39 is 0 Å². The molecule has 0 aliphatic carbocycles. The number of hydrogen-bond acceptors (Lipinski definition) is 3. The fourth-order valence-electron chi connectivity index (χ4n) is 3.75. The number of aromatic nitrogens is 2. The quantitative estimate of drug-likeness (QED) is 0.708. The maximum Gasteiger partial charge on any atom is 0.329 e. The first-order valence-corrected chi connectivity index (χ1v) is 9.32. The molecule has 1 aliphatic heterocycles. The lowest BCUT2D eigenvalue weighted by Crippen LogP contribution is -2.49. The molecule has 0 saturated carbocycles. The van der Waals surface area contributed by atoms with Crippen LogP contribution in [-0.4, -0.2) is 51.0 Å². The van der Waals surface area contributed by atoms with Crippen LogP contribution in [0.5, 0.6) is 0 Å². The molecule has 0 N–H and O–H groups in total. The molecule has 1 saturated heterocycles. The van der Waals surface area contributed by atoms with E-state index in [9.17, 15) is 9.59 Å². The number of benzene rings is 2. The molecular weight excluding hydrogens is 340 g/mol. The summed E-state index contributed by atoms with van der Waals surface area (Å²) in [7, 11) is 1.74. The van der Waals surface area contributed by atoms with E-state index >= 15 is 0 Å². The average molecular weight is 364 g/mol. The molecule has 6 nitrogen and oxygen atoms in total. The number of para-hydroxylation sites is 2. The third-order valence-electron chi connectivity index (χ3n) is 5.32. The standard InChI is InChI=1S/C21H24N4O2/c1-22-18-9-5-6-10-19(18)25(21(22)27)16-20(26)24-13-11-23(12-14-24)15-17-7-3-2-4-8-17/h2-10H,11-16H2,1H3. The molecule has 140 valence electrons. The van der Waals surface area contributed by atoms with Crippen molar-refractivity contribution in [1.82, 2.24) is 18.9 Å². The second-order valence-corrected chi connectivity index (χ2v) is 7.06. The largest absolute Gasteiger partial charge is 0.339 e. The molecule has 0 bridgehead atoms. The monoisotopic (exact) mass is 364 g/mol. The number of amides is 1. The van der Waals surface area contributed by atoms with Gasteiger partial charge in [0.25, 0.3) is 0 Å². The van der Waals surface area contributed by atoms with E-state index in [1.807, 2.05) is 35.2 Å². The summed E-state index contributed by atoms with van der Waals surface area (Å²) in [6, 6.07) is 18.0. The number of rotatable bonds is 4. The lowest BCUT2D eigenvalue weighted by Gasteiger charge is -2.34. The number of carbonyl (C=O) groups is 1. The van der Waals surface area contributed by atoms with Gasteiger partial charge in [0.15, 0.2) is 0 Å². The minimum Gasteiger partial charge on any atom is -0.339 e. The fourth-order valence-corrected chi connectivity index (χ4v) is 3.75. The van der Waals surface area contributed by atoms with Gasteiger partial charge in [0.2, 0.25) is 5.91 Å². The topological polar surface area (TPSA) is 50.5 Å². The van der Waals surface area contributed by atoms with Crippen molar-refractivity contribution in [3.8, 4) is 0 Å². The number of fused-ring (bicyclic) bond motifs is 1. The second kappa shape index (κ2) is 7.40. The summed E-state index contributed by atoms with van der Waals surface area (Å²) in [5, 5.41) is 0. The third-order valence-corrected chi connectivity index (χ3v) is 5.32. The maximum atomic E-state index is 12.8. The van der Waals surface area contributed by atoms with E-state index in [4.69, 9.17) is 0 Å². The van der Waals surface area contributed by atoms with Crippen molar-refractivity contribution in [2.24, 2.45) is 7.05 Å². The first-order valence-electron chi connectivity index (χ1n) is 9.32. The Morgan fingerprint density at radius 1 is 0.889 bits per heavy atom. The lowest BCUT2D eigenvalue weighted by molar-refractivity contribution is -0.133. The van der Waals surface area contributed by atoms with Crippen molar-refractivity contribution in [3.63, 3.8) is 0 Å². The molecule has 1 aromatic heterocycles. The minimum absolute atomic E-state index is 0.00724. The van der Waals surface area contributed by atoms with Crippen molar-refractivity contribution < 1.29 is 4.79 Å². The van der Waals surface area contributed by atoms with Crippen LogP contribution in [0.15, 0.2) is 59.4 Å². The molecular formula is C21H24N4O2. The smallest absolute Gasteiger partial charge is 0.329 e. The number of aryl methyl sites for hydroxylation is 1. The predicted octanol–water partition coefficient (Wildman–Crippen LogP) is 1.68. The summed E-state index contributed by atoms with van der Waals surface area (Å²) in [5.41, 5.74) is 2.80. The molecule has 3 aromatic rings. The van der Waals surface area contributed by atoms with Crippen molar-refractivity contribution >= 4 is 16.9 Å². The zero-order valence-corrected chi connectivity index (χ0v) is 15.5. The molecule has 2 aromatic carbocycles. The zero-order valence-electron chi connectivity index (χ0n) is 15.5. The number of carbonyl (C=O) groups excluding carboxylic acids is 1. The molecule has 1 aliphatic rings. The summed E-state index contributed by atoms with van der Waals surface area (Å²) in [6.45, 7) is 4.11. The van der Waals surface area contributed by atoms with Gasteiger partial charge in [-0.05, 0) is 17.7 Å². The SMILES string of the molecule is Cn1c(=O)n(CC(=O)N2CCN(Cc3ccccc3)CC2)c2ccccc21. The van der Waals surface area contributed by atoms with Crippen molar-refractivity contribution in [2.45, 2.75) is 13.1 Å². The van der Waals surface area contributed by atoms with E-state index in [-0.39, 0.29) is 18.1 Å². The normalized spacial score (nSPS) is 15.4. The van der Waals surface area contributed by atoms with E-state index in [1.165, 1.54) is 5.56 Å². The van der Waals surface area contributed by atoms with Gasteiger partial charge in [-0.15, -0.1) is 0 Å². The summed E-state index contributed by atoms with van der Waals surface area (Å²) in [4.78, 5) is 29.5. The number of piperazine rings is 1. The molecule has 0 unspecified atom stereocenters. The highest BCUT2D eigenvalue weighted by Gasteiger charge is 2.22. The zero-order chi connectivity index (χ0) is 18.8. The average Bonchev–Trinajstić information content (AvgIpc) is 2.94. The van der Waals surface area contributed by atoms with Gasteiger partial charge in [0.05, 0.1) is 11.0 Å². The Balaban J connectivity index is 1.41. The van der Waals surface area contributed by atoms with Gasteiger partial charge < -0.3 is 4.90 Å². The van der Waals surface area contributed by atoms with Gasteiger partial charge in [-0.3, -0.25) is 18.8 Å². The lowest BCUT2D eigenvalue weighted by atomic mass is 10.2. The van der Waals surface area contributed by atoms with Crippen molar-refractivity contribution in [1.29, 1.82) is 0 Å². The van der Waals surface area contributed by atoms with Crippen LogP contribution in [0.4, 0.5) is 0 Å². The van der Waals surface area contributed by atoms with Crippen LogP contribution in [0.1, 0.15) is 5.56 Å². The predicted molar refractivity (Wildman–Crippen MR) is 105 cm³/mol. The molecule has 1 fully saturated rings. The summed E-state index contributed by atoms with van der Waals surface area (Å²) >= 11 is 0. The molecule has 0 radical (unpaired) electrons. The maximum absolute atomic E-state index is 12.8. The van der Waals surface area contributed by atoms with Gasteiger partial charge >= 0.3 is 5.69 Å². The van der Waals surface area contributed by atoms with Gasteiger partial charge in [-0.25, -0.2) is 4.79 Å². The van der Waals surface area contributed by atoms with Crippen LogP contribution in [0.2, 0.25) is 0 Å². The Morgan fingerprint density at radius 2 is 1.52 bits per heavy atom. The fraction of sp³-hybridized carbons (Fsp3) is 0.333. The Morgan fingerprint density at radius 3 is 2.22 bits per heavy atom. The van der Waals surface area contributed by atoms with E-state index in [1.54, 1.807) is 16.2 Å². The van der Waals surface area contributed by atoms with Crippen LogP contribution in [0, 0.1) is 0 Å². The highest BCUT2D eigenvalue weighted by atomic mass is 16.2.